The van der Waals surface area contributed by atoms with Crippen molar-refractivity contribution in [2.75, 3.05) is 0 Å². The van der Waals surface area contributed by atoms with Gasteiger partial charge in [-0.05, 0) is 6.42 Å². The minimum Gasteiger partial charge on any atom is -0.273 e. The molecule has 4 nitrogen and oxygen atoms in total. The number of carbonyl (C=O) groups is 2. The van der Waals surface area contributed by atoms with E-state index in [-0.39, 0.29) is 23.7 Å². The Morgan fingerprint density at radius 2 is 1.56 bits per heavy atom. The lowest BCUT2D eigenvalue weighted by molar-refractivity contribution is -0.134. The van der Waals surface area contributed by atoms with Gasteiger partial charge in [-0.3, -0.25) is 20.4 Å². The van der Waals surface area contributed by atoms with Crippen LogP contribution in [0.2, 0.25) is 0 Å². The van der Waals surface area contributed by atoms with Crippen molar-refractivity contribution in [2.24, 2.45) is 11.8 Å². The molecule has 2 fully saturated rings. The Morgan fingerprint density at radius 3 is 2.00 bits per heavy atom. The van der Waals surface area contributed by atoms with Gasteiger partial charge in [-0.25, -0.2) is 0 Å². The van der Waals surface area contributed by atoms with Gasteiger partial charge in [0.1, 0.15) is 0 Å². The van der Waals surface area contributed by atoms with Gasteiger partial charge in [0, 0.05) is 0 Å². The maximum Gasteiger partial charge on any atom is 0.242 e. The lowest BCUT2D eigenvalue weighted by Crippen LogP contribution is -2.47. The smallest absolute Gasteiger partial charge is 0.242 e. The molecule has 0 aromatic carbocycles. The second-order valence-corrected chi connectivity index (χ2v) is 2.43. The van der Waals surface area contributed by atoms with Gasteiger partial charge >= 0.3 is 0 Å². The zero-order chi connectivity index (χ0) is 6.43. The fourth-order valence-electron chi connectivity index (χ4n) is 1.08. The number of nitrogens with one attached hydrogen (secondary N) is 2. The van der Waals surface area contributed by atoms with Gasteiger partial charge in [0.2, 0.25) is 11.8 Å². The van der Waals surface area contributed by atoms with Gasteiger partial charge < -0.3 is 0 Å². The van der Waals surface area contributed by atoms with Gasteiger partial charge in [0.05, 0.1) is 11.8 Å². The molecular formula is C5H6N2O2. The lowest BCUT2D eigenvalue weighted by atomic mass is 10.2. The molecule has 2 N–H and O–H groups in total. The van der Waals surface area contributed by atoms with Gasteiger partial charge in [-0.15, -0.1) is 0 Å². The van der Waals surface area contributed by atoms with E-state index in [0.29, 0.717) is 0 Å². The first-order chi connectivity index (χ1) is 4.29. The van der Waals surface area contributed by atoms with E-state index in [1.165, 1.54) is 0 Å². The number of carbonyl (C=O) groups excluding carboxylic acids is 2. The molecule has 2 aliphatic rings. The normalized spacial score (nSPS) is 38.7. The highest BCUT2D eigenvalue weighted by atomic mass is 16.2. The maximum atomic E-state index is 10.7. The van der Waals surface area contributed by atoms with Crippen LogP contribution < -0.4 is 10.9 Å². The van der Waals surface area contributed by atoms with E-state index in [9.17, 15) is 9.59 Å². The van der Waals surface area contributed by atoms with Crippen molar-refractivity contribution in [2.45, 2.75) is 6.42 Å². The third kappa shape index (κ3) is 0.526. The van der Waals surface area contributed by atoms with E-state index in [0.717, 1.165) is 6.42 Å². The number of amides is 2. The third-order valence-corrected chi connectivity index (χ3v) is 1.77. The van der Waals surface area contributed by atoms with E-state index in [2.05, 4.69) is 10.9 Å². The Kier molecular flexibility index (Phi) is 0.670. The van der Waals surface area contributed by atoms with Crippen molar-refractivity contribution in [1.82, 2.24) is 10.9 Å². The summed E-state index contributed by atoms with van der Waals surface area (Å²) >= 11 is 0. The van der Waals surface area contributed by atoms with Crippen LogP contribution in [0.5, 0.6) is 0 Å². The first kappa shape index (κ1) is 4.78. The Labute approximate surface area is 51.6 Å². The van der Waals surface area contributed by atoms with Crippen LogP contribution in [0.15, 0.2) is 0 Å². The van der Waals surface area contributed by atoms with Crippen LogP contribution >= 0.6 is 0 Å². The summed E-state index contributed by atoms with van der Waals surface area (Å²) in [5.41, 5.74) is 4.57. The largest absolute Gasteiger partial charge is 0.273 e. The summed E-state index contributed by atoms with van der Waals surface area (Å²) in [4.78, 5) is 21.3. The van der Waals surface area contributed by atoms with Crippen molar-refractivity contribution in [1.29, 1.82) is 0 Å². The summed E-state index contributed by atoms with van der Waals surface area (Å²) in [5.74, 6) is -0.114. The van der Waals surface area contributed by atoms with Crippen LogP contribution in [0, 0.1) is 11.8 Å². The molecule has 1 saturated carbocycles. The first-order valence-corrected chi connectivity index (χ1v) is 2.89. The summed E-state index contributed by atoms with van der Waals surface area (Å²) < 4.78 is 0. The number of hydrazine groups is 1. The fraction of sp³-hybridized carbons (Fsp3) is 0.600. The van der Waals surface area contributed by atoms with Crippen molar-refractivity contribution < 1.29 is 9.59 Å². The molecular weight excluding hydrogens is 120 g/mol. The van der Waals surface area contributed by atoms with Gasteiger partial charge in [-0.2, -0.15) is 0 Å². The molecule has 48 valence electrons. The monoisotopic (exact) mass is 126 g/mol. The van der Waals surface area contributed by atoms with E-state index < -0.39 is 0 Å². The van der Waals surface area contributed by atoms with Crippen LogP contribution in [0.1, 0.15) is 6.42 Å². The zero-order valence-corrected chi connectivity index (χ0v) is 4.68. The maximum absolute atomic E-state index is 10.7. The van der Waals surface area contributed by atoms with Crippen molar-refractivity contribution in [3.63, 3.8) is 0 Å². The molecule has 1 saturated heterocycles. The molecule has 1 aliphatic carbocycles. The van der Waals surface area contributed by atoms with E-state index in [1.54, 1.807) is 0 Å². The Hall–Kier alpha value is -1.06. The van der Waals surface area contributed by atoms with Crippen LogP contribution in [-0.2, 0) is 9.59 Å². The summed E-state index contributed by atoms with van der Waals surface area (Å²) in [6.07, 6.45) is 0.734. The van der Waals surface area contributed by atoms with Crippen LogP contribution in [0.4, 0.5) is 0 Å². The molecule has 2 amide bonds. The third-order valence-electron chi connectivity index (χ3n) is 1.77. The molecule has 4 heteroatoms. The Balaban J connectivity index is 2.17. The average molecular weight is 126 g/mol. The molecule has 0 radical (unpaired) electrons. The Bertz CT molecular complexity index is 169. The second-order valence-electron chi connectivity index (χ2n) is 2.43. The van der Waals surface area contributed by atoms with Crippen molar-refractivity contribution in [3.05, 3.63) is 0 Å². The second kappa shape index (κ2) is 1.26. The minimum absolute atomic E-state index is 0.0150. The SMILES string of the molecule is O=C1NNC(=O)[C@@H]2C[C@H]12. The number of fused-ring (bicyclic) bond motifs is 1. The summed E-state index contributed by atoms with van der Waals surface area (Å²) in [6.45, 7) is 0. The minimum atomic E-state index is -0.0420. The van der Waals surface area contributed by atoms with E-state index >= 15 is 0 Å². The highest BCUT2D eigenvalue weighted by Gasteiger charge is 2.51. The van der Waals surface area contributed by atoms with Crippen LogP contribution in [-0.4, -0.2) is 11.8 Å². The van der Waals surface area contributed by atoms with E-state index in [4.69, 9.17) is 0 Å². The molecule has 0 aromatic rings. The number of hydrogen-bond donors (Lipinski definition) is 2. The molecule has 2 atom stereocenters. The van der Waals surface area contributed by atoms with Gasteiger partial charge in [0.25, 0.3) is 0 Å². The quantitative estimate of drug-likeness (QED) is 0.427. The van der Waals surface area contributed by atoms with E-state index in [1.807, 2.05) is 0 Å². The van der Waals surface area contributed by atoms with Gasteiger partial charge in [-0.1, -0.05) is 0 Å². The fourth-order valence-corrected chi connectivity index (χ4v) is 1.08. The summed E-state index contributed by atoms with van der Waals surface area (Å²) in [7, 11) is 0. The molecule has 0 unspecified atom stereocenters. The summed E-state index contributed by atoms with van der Waals surface area (Å²) in [5, 5.41) is 0. The zero-order valence-electron chi connectivity index (χ0n) is 4.68. The first-order valence-electron chi connectivity index (χ1n) is 2.89. The predicted octanol–water partition coefficient (Wildman–Crippen LogP) is -1.22. The van der Waals surface area contributed by atoms with Crippen molar-refractivity contribution in [3.8, 4) is 0 Å². The van der Waals surface area contributed by atoms with Crippen molar-refractivity contribution >= 4 is 11.8 Å². The molecule has 0 spiro atoms. The molecule has 1 aliphatic heterocycles. The number of rotatable bonds is 0. The average Bonchev–Trinajstić information content (AvgIpc) is 2.57. The van der Waals surface area contributed by atoms with Crippen LogP contribution in [0.3, 0.4) is 0 Å². The lowest BCUT2D eigenvalue weighted by Gasteiger charge is -2.10. The highest BCUT2D eigenvalue weighted by Crippen LogP contribution is 2.39. The topological polar surface area (TPSA) is 58.2 Å². The standard InChI is InChI=1S/C5H6N2O2/c8-4-2-1-3(2)5(9)7-6-4/h2-3H,1H2,(H,6,8)(H,7,9)/t2-,3+. The molecule has 0 bridgehead atoms. The summed E-state index contributed by atoms with van der Waals surface area (Å²) in [6, 6.07) is 0. The highest BCUT2D eigenvalue weighted by molar-refractivity contribution is 5.97. The predicted molar refractivity (Wildman–Crippen MR) is 27.9 cm³/mol. The molecule has 0 aromatic heterocycles. The Morgan fingerprint density at radius 1 is 1.11 bits per heavy atom. The van der Waals surface area contributed by atoms with Crippen LogP contribution in [0.25, 0.3) is 0 Å². The number of hydrogen-bond acceptors (Lipinski definition) is 2. The molecule has 1 heterocycles. The molecule has 9 heavy (non-hydrogen) atoms. The molecule has 2 rings (SSSR count). The van der Waals surface area contributed by atoms with Gasteiger partial charge in [0.15, 0.2) is 0 Å².